The Morgan fingerprint density at radius 2 is 1.22 bits per heavy atom. The smallest absolute Gasteiger partial charge is 0.234 e. The van der Waals surface area contributed by atoms with Crippen LogP contribution in [0.25, 0.3) is 5.76 Å². The Morgan fingerprint density at radius 1 is 0.704 bits per heavy atom. The fourth-order valence-corrected chi connectivity index (χ4v) is 3.63. The van der Waals surface area contributed by atoms with Gasteiger partial charge in [0, 0.05) is 27.8 Å². The quantitative estimate of drug-likeness (QED) is 0.793. The Bertz CT molecular complexity index is 1060. The van der Waals surface area contributed by atoms with Crippen molar-refractivity contribution in [2.75, 3.05) is 0 Å². The van der Waals surface area contributed by atoms with Gasteiger partial charge in [-0.3, -0.25) is 19.2 Å². The van der Waals surface area contributed by atoms with E-state index in [-0.39, 0.29) is 27.8 Å². The molecule has 2 atom stereocenters. The van der Waals surface area contributed by atoms with E-state index in [1.165, 1.54) is 24.3 Å². The molecule has 0 aromatic heterocycles. The maximum Gasteiger partial charge on any atom is 0.234 e. The van der Waals surface area contributed by atoms with Gasteiger partial charge in [-0.15, -0.1) is 0 Å². The van der Waals surface area contributed by atoms with E-state index >= 15 is 0 Å². The second kappa shape index (κ2) is 6.10. The Balaban J connectivity index is 1.78. The lowest BCUT2D eigenvalue weighted by atomic mass is 9.74. The minimum absolute atomic E-state index is 0.0840. The number of allylic oxidation sites excluding steroid dienone is 1. The molecule has 4 rings (SSSR count). The molecule has 2 N–H and O–H groups in total. The second-order valence-corrected chi connectivity index (χ2v) is 6.56. The van der Waals surface area contributed by atoms with Crippen LogP contribution in [-0.4, -0.2) is 39.5 Å². The summed E-state index contributed by atoms with van der Waals surface area (Å²) >= 11 is 0. The number of hydrogen-bond donors (Lipinski definition) is 2. The van der Waals surface area contributed by atoms with Crippen LogP contribution in [0.1, 0.15) is 43.1 Å². The molecule has 134 valence electrons. The molecule has 6 heteroatoms. The van der Waals surface area contributed by atoms with Gasteiger partial charge in [0.1, 0.15) is 11.9 Å². The lowest BCUT2D eigenvalue weighted by molar-refractivity contribution is -0.112. The van der Waals surface area contributed by atoms with Crippen LogP contribution in [0.4, 0.5) is 0 Å². The van der Waals surface area contributed by atoms with Crippen LogP contribution in [-0.2, 0) is 4.79 Å². The van der Waals surface area contributed by atoms with Crippen molar-refractivity contribution in [1.29, 1.82) is 0 Å². The van der Waals surface area contributed by atoms with Crippen molar-refractivity contribution >= 4 is 28.9 Å². The van der Waals surface area contributed by atoms with E-state index in [0.29, 0.717) is 0 Å². The first kappa shape index (κ1) is 17.1. The topological polar surface area (TPSA) is 109 Å². The van der Waals surface area contributed by atoms with Gasteiger partial charge in [-0.2, -0.15) is 0 Å². The van der Waals surface area contributed by atoms with Crippen LogP contribution in [0.5, 0.6) is 0 Å². The molecule has 2 unspecified atom stereocenters. The molecule has 0 spiro atoms. The van der Waals surface area contributed by atoms with Crippen molar-refractivity contribution in [2.45, 2.75) is 12.5 Å². The maximum atomic E-state index is 12.8. The molecule has 6 nitrogen and oxygen atoms in total. The van der Waals surface area contributed by atoms with Gasteiger partial charge >= 0.3 is 0 Å². The number of benzene rings is 2. The second-order valence-electron chi connectivity index (χ2n) is 6.56. The van der Waals surface area contributed by atoms with E-state index in [2.05, 4.69) is 0 Å². The highest BCUT2D eigenvalue weighted by atomic mass is 16.3. The first-order valence-electron chi connectivity index (χ1n) is 8.38. The number of carbonyl (C=O) groups excluding carboxylic acids is 4. The summed E-state index contributed by atoms with van der Waals surface area (Å²) in [5.41, 5.74) is 0.305. The standard InChI is InChI=1S/C21H14O6/c22-16-10-5-1-3-7-12(10)18(24)20(26)14(16)9-15-17(23)11-6-2-4-8-13(11)19(25)21(15)27/h1-8,14,20,23,26H,9H2. The largest absolute Gasteiger partial charge is 0.507 e. The summed E-state index contributed by atoms with van der Waals surface area (Å²) in [6, 6.07) is 12.2. The third-order valence-electron chi connectivity index (χ3n) is 5.06. The average Bonchev–Trinajstić information content (AvgIpc) is 2.70. The summed E-state index contributed by atoms with van der Waals surface area (Å²) in [5, 5.41) is 20.9. The highest BCUT2D eigenvalue weighted by Gasteiger charge is 2.43. The highest BCUT2D eigenvalue weighted by Crippen LogP contribution is 2.35. The first-order valence-corrected chi connectivity index (χ1v) is 8.38. The number of ketones is 4. The first-order chi connectivity index (χ1) is 12.9. The van der Waals surface area contributed by atoms with E-state index in [4.69, 9.17) is 0 Å². The third-order valence-corrected chi connectivity index (χ3v) is 5.06. The van der Waals surface area contributed by atoms with Crippen LogP contribution < -0.4 is 0 Å². The molecule has 2 aliphatic rings. The van der Waals surface area contributed by atoms with Gasteiger partial charge in [-0.05, 0) is 6.42 Å². The predicted octanol–water partition coefficient (Wildman–Crippen LogP) is 2.17. The van der Waals surface area contributed by atoms with Gasteiger partial charge in [0.25, 0.3) is 0 Å². The van der Waals surface area contributed by atoms with E-state index in [0.717, 1.165) is 0 Å². The fraction of sp³-hybridized carbons (Fsp3) is 0.143. The fourth-order valence-electron chi connectivity index (χ4n) is 3.63. The Hall–Kier alpha value is -3.38. The number of fused-ring (bicyclic) bond motifs is 2. The summed E-state index contributed by atoms with van der Waals surface area (Å²) in [7, 11) is 0. The summed E-state index contributed by atoms with van der Waals surface area (Å²) < 4.78 is 0. The normalized spacial score (nSPS) is 22.0. The van der Waals surface area contributed by atoms with Crippen molar-refractivity contribution in [1.82, 2.24) is 0 Å². The molecule has 0 bridgehead atoms. The van der Waals surface area contributed by atoms with E-state index < -0.39 is 47.3 Å². The van der Waals surface area contributed by atoms with Gasteiger partial charge in [0.05, 0.1) is 5.92 Å². The van der Waals surface area contributed by atoms with E-state index in [1.54, 1.807) is 24.3 Å². The maximum absolute atomic E-state index is 12.8. The summed E-state index contributed by atoms with van der Waals surface area (Å²) in [6.07, 6.45) is -2.04. The molecule has 27 heavy (non-hydrogen) atoms. The Labute approximate surface area is 153 Å². The van der Waals surface area contributed by atoms with Crippen LogP contribution in [0.15, 0.2) is 54.1 Å². The van der Waals surface area contributed by atoms with E-state index in [1.807, 2.05) is 0 Å². The minimum atomic E-state index is -1.65. The zero-order chi connectivity index (χ0) is 19.3. The van der Waals surface area contributed by atoms with Crippen LogP contribution in [0.2, 0.25) is 0 Å². The minimum Gasteiger partial charge on any atom is -0.507 e. The molecule has 0 saturated heterocycles. The van der Waals surface area contributed by atoms with Gasteiger partial charge in [0.15, 0.2) is 11.6 Å². The number of aliphatic hydroxyl groups excluding tert-OH is 2. The molecule has 0 heterocycles. The number of Topliss-reactive ketones (excluding diaryl/α,β-unsaturated/α-hetero) is 4. The molecule has 0 fully saturated rings. The number of carbonyl (C=O) groups is 4. The molecular formula is C21H14O6. The van der Waals surface area contributed by atoms with Gasteiger partial charge in [-0.1, -0.05) is 48.5 Å². The predicted molar refractivity (Wildman–Crippen MR) is 94.5 cm³/mol. The Kier molecular flexibility index (Phi) is 3.86. The molecule has 0 amide bonds. The monoisotopic (exact) mass is 362 g/mol. The number of aliphatic hydroxyl groups is 2. The molecule has 0 aliphatic heterocycles. The summed E-state index contributed by atoms with van der Waals surface area (Å²) in [6.45, 7) is 0. The van der Waals surface area contributed by atoms with Crippen LogP contribution >= 0.6 is 0 Å². The molecule has 2 aliphatic carbocycles. The molecular weight excluding hydrogens is 348 g/mol. The zero-order valence-electron chi connectivity index (χ0n) is 14.0. The SMILES string of the molecule is O=C1C(=O)c2ccccc2C(O)=C1CC1C(=O)c2ccccc2C(=O)C1O. The van der Waals surface area contributed by atoms with Gasteiger partial charge in [-0.25, -0.2) is 0 Å². The third kappa shape index (κ3) is 2.45. The average molecular weight is 362 g/mol. The van der Waals surface area contributed by atoms with Gasteiger partial charge in [0.2, 0.25) is 11.6 Å². The van der Waals surface area contributed by atoms with Gasteiger partial charge < -0.3 is 10.2 Å². The Morgan fingerprint density at radius 3 is 1.85 bits per heavy atom. The molecule has 2 aromatic rings. The van der Waals surface area contributed by atoms with Crippen molar-refractivity contribution in [2.24, 2.45) is 5.92 Å². The molecule has 0 radical (unpaired) electrons. The molecule has 2 aromatic carbocycles. The lowest BCUT2D eigenvalue weighted by Gasteiger charge is -2.28. The van der Waals surface area contributed by atoms with Crippen molar-refractivity contribution in [3.05, 3.63) is 76.4 Å². The summed E-state index contributed by atoms with van der Waals surface area (Å²) in [5.74, 6) is -4.49. The number of hydrogen-bond acceptors (Lipinski definition) is 6. The van der Waals surface area contributed by atoms with Crippen LogP contribution in [0.3, 0.4) is 0 Å². The zero-order valence-corrected chi connectivity index (χ0v) is 14.0. The van der Waals surface area contributed by atoms with Crippen LogP contribution in [0, 0.1) is 5.92 Å². The molecule has 0 saturated carbocycles. The highest BCUT2D eigenvalue weighted by molar-refractivity contribution is 6.52. The lowest BCUT2D eigenvalue weighted by Crippen LogP contribution is -2.42. The van der Waals surface area contributed by atoms with E-state index in [9.17, 15) is 29.4 Å². The van der Waals surface area contributed by atoms with Crippen molar-refractivity contribution in [3.8, 4) is 0 Å². The van der Waals surface area contributed by atoms with Crippen molar-refractivity contribution < 1.29 is 29.4 Å². The summed E-state index contributed by atoms with van der Waals surface area (Å²) in [4.78, 5) is 50.0. The number of rotatable bonds is 2. The van der Waals surface area contributed by atoms with Crippen molar-refractivity contribution in [3.63, 3.8) is 0 Å².